The zero-order valence-electron chi connectivity index (χ0n) is 12.8. The highest BCUT2D eigenvalue weighted by Crippen LogP contribution is 2.39. The van der Waals surface area contributed by atoms with Crippen LogP contribution in [0.15, 0.2) is 12.7 Å². The van der Waals surface area contributed by atoms with E-state index >= 15 is 0 Å². The van der Waals surface area contributed by atoms with Gasteiger partial charge in [-0.2, -0.15) is 26.3 Å². The van der Waals surface area contributed by atoms with Gasteiger partial charge in [-0.25, -0.2) is 21.6 Å². The van der Waals surface area contributed by atoms with Crippen LogP contribution >= 0.6 is 0 Å². The van der Waals surface area contributed by atoms with Crippen molar-refractivity contribution in [2.75, 3.05) is 0 Å². The Labute approximate surface area is 139 Å². The molecule has 0 amide bonds. The number of halogens is 6. The molecule has 0 aromatic heterocycles. The Balaban J connectivity index is 5.91. The van der Waals surface area contributed by atoms with E-state index < -0.39 is 59.7 Å². The van der Waals surface area contributed by atoms with Crippen molar-refractivity contribution in [1.82, 2.24) is 0 Å². The van der Waals surface area contributed by atoms with E-state index in [1.807, 2.05) is 0 Å². The number of hydrogen-bond acceptors (Lipinski definition) is 6. The Morgan fingerprint density at radius 2 is 1.36 bits per heavy atom. The average Bonchev–Trinajstić information content (AvgIpc) is 2.34. The fourth-order valence-electron chi connectivity index (χ4n) is 1.61. The van der Waals surface area contributed by atoms with Crippen molar-refractivity contribution < 1.29 is 52.7 Å². The zero-order valence-corrected chi connectivity index (χ0v) is 14.4. The summed E-state index contributed by atoms with van der Waals surface area (Å²) in [5.74, 6) is -1.08. The monoisotopic (exact) mass is 420 g/mol. The SMILES string of the molecule is C=CC(=O)OC(C)(C)CCC(S(=O)(=O)C(F)(F)F)S(=O)(=O)C(F)(F)F. The largest absolute Gasteiger partial charge is 0.498 e. The Kier molecular flexibility index (Phi) is 6.76. The number of hydrogen-bond donors (Lipinski definition) is 0. The maximum Gasteiger partial charge on any atom is 0.498 e. The van der Waals surface area contributed by atoms with Crippen LogP contribution in [0.4, 0.5) is 26.3 Å². The molecule has 0 bridgehead atoms. The van der Waals surface area contributed by atoms with Crippen molar-refractivity contribution in [1.29, 1.82) is 0 Å². The summed E-state index contributed by atoms with van der Waals surface area (Å²) in [6.07, 6.45) is -1.86. The number of carbonyl (C=O) groups excluding carboxylic acids is 1. The lowest BCUT2D eigenvalue weighted by atomic mass is 10.0. The first-order valence-corrected chi connectivity index (χ1v) is 9.34. The summed E-state index contributed by atoms with van der Waals surface area (Å²) in [6.45, 7) is 5.11. The van der Waals surface area contributed by atoms with E-state index in [4.69, 9.17) is 0 Å². The first-order chi connectivity index (χ1) is 10.8. The molecule has 0 atom stereocenters. The Bertz CT molecular complexity index is 673. The lowest BCUT2D eigenvalue weighted by molar-refractivity contribution is -0.150. The first-order valence-electron chi connectivity index (χ1n) is 6.25. The van der Waals surface area contributed by atoms with E-state index in [0.717, 1.165) is 13.8 Å². The Morgan fingerprint density at radius 1 is 1.00 bits per heavy atom. The Hall–Kier alpha value is -1.31. The molecule has 0 heterocycles. The topological polar surface area (TPSA) is 94.6 Å². The summed E-state index contributed by atoms with van der Waals surface area (Å²) in [6, 6.07) is 0. The third-order valence-electron chi connectivity index (χ3n) is 2.86. The molecule has 0 aromatic carbocycles. The second-order valence-corrected chi connectivity index (χ2v) is 9.88. The molecule has 6 nitrogen and oxygen atoms in total. The molecule has 0 aliphatic carbocycles. The number of carbonyl (C=O) groups is 1. The van der Waals surface area contributed by atoms with Crippen LogP contribution in [0.1, 0.15) is 26.7 Å². The summed E-state index contributed by atoms with van der Waals surface area (Å²) in [7, 11) is -13.4. The van der Waals surface area contributed by atoms with Crippen molar-refractivity contribution in [3.8, 4) is 0 Å². The van der Waals surface area contributed by atoms with Gasteiger partial charge in [0.15, 0.2) is 4.58 Å². The maximum absolute atomic E-state index is 12.6. The van der Waals surface area contributed by atoms with Gasteiger partial charge in [-0.1, -0.05) is 6.58 Å². The molecule has 0 radical (unpaired) electrons. The number of alkyl halides is 6. The minimum absolute atomic E-state index is 0.651. The van der Waals surface area contributed by atoms with E-state index in [9.17, 15) is 48.0 Å². The molecular weight excluding hydrogens is 406 g/mol. The van der Waals surface area contributed by atoms with Gasteiger partial charge in [0.05, 0.1) is 0 Å². The van der Waals surface area contributed by atoms with Gasteiger partial charge < -0.3 is 4.74 Å². The molecule has 0 aliphatic rings. The second kappa shape index (κ2) is 7.13. The molecule has 0 aliphatic heterocycles. The van der Waals surface area contributed by atoms with Crippen molar-refractivity contribution in [2.45, 2.75) is 47.9 Å². The van der Waals surface area contributed by atoms with Crippen LogP contribution in [0, 0.1) is 0 Å². The van der Waals surface area contributed by atoms with Crippen LogP contribution in [0.3, 0.4) is 0 Å². The van der Waals surface area contributed by atoms with Gasteiger partial charge in [-0.15, -0.1) is 0 Å². The number of ether oxygens (including phenoxy) is 1. The predicted molar refractivity (Wildman–Crippen MR) is 73.3 cm³/mol. The number of rotatable bonds is 7. The lowest BCUT2D eigenvalue weighted by Crippen LogP contribution is -2.45. The van der Waals surface area contributed by atoms with Crippen molar-refractivity contribution in [3.63, 3.8) is 0 Å². The van der Waals surface area contributed by atoms with Crippen LogP contribution in [0.25, 0.3) is 0 Å². The molecule has 0 rings (SSSR count). The maximum atomic E-state index is 12.6. The molecule has 148 valence electrons. The third kappa shape index (κ3) is 5.59. The smallest absolute Gasteiger partial charge is 0.457 e. The molecule has 0 unspecified atom stereocenters. The van der Waals surface area contributed by atoms with Crippen LogP contribution in [-0.2, 0) is 29.2 Å². The average molecular weight is 420 g/mol. The fourth-order valence-corrected chi connectivity index (χ4v) is 5.05. The van der Waals surface area contributed by atoms with E-state index in [2.05, 4.69) is 11.3 Å². The van der Waals surface area contributed by atoms with Gasteiger partial charge in [-0.05, 0) is 26.7 Å². The third-order valence-corrected chi connectivity index (χ3v) is 7.53. The summed E-state index contributed by atoms with van der Waals surface area (Å²) >= 11 is 0. The van der Waals surface area contributed by atoms with Crippen molar-refractivity contribution >= 4 is 25.6 Å². The summed E-state index contributed by atoms with van der Waals surface area (Å²) < 4.78 is 121. The highest BCUT2D eigenvalue weighted by atomic mass is 32.3. The normalized spacial score (nSPS) is 14.4. The molecule has 25 heavy (non-hydrogen) atoms. The predicted octanol–water partition coefficient (Wildman–Crippen LogP) is 2.47. The van der Waals surface area contributed by atoms with Gasteiger partial charge in [0.2, 0.25) is 0 Å². The minimum Gasteiger partial charge on any atom is -0.457 e. The first kappa shape index (κ1) is 23.7. The highest BCUT2D eigenvalue weighted by molar-refractivity contribution is 8.09. The van der Waals surface area contributed by atoms with Crippen LogP contribution in [-0.4, -0.2) is 44.0 Å². The Morgan fingerprint density at radius 3 is 1.64 bits per heavy atom. The molecule has 0 N–H and O–H groups in total. The molecule has 14 heteroatoms. The van der Waals surface area contributed by atoms with Crippen LogP contribution in [0.5, 0.6) is 0 Å². The van der Waals surface area contributed by atoms with Gasteiger partial charge in [0, 0.05) is 6.08 Å². The van der Waals surface area contributed by atoms with E-state index in [1.54, 1.807) is 0 Å². The highest BCUT2D eigenvalue weighted by Gasteiger charge is 2.62. The van der Waals surface area contributed by atoms with Crippen LogP contribution in [0.2, 0.25) is 0 Å². The van der Waals surface area contributed by atoms with Gasteiger partial charge in [0.25, 0.3) is 19.7 Å². The van der Waals surface area contributed by atoms with Crippen LogP contribution < -0.4 is 0 Å². The standard InChI is InChI=1S/C11H14F6O6S2/c1-4-7(18)23-9(2,3)6-5-8(24(19,20)10(12,13)14)25(21,22)11(15,16)17/h4,8H,1,5-6H2,2-3H3. The zero-order chi connectivity index (χ0) is 20.5. The van der Waals surface area contributed by atoms with Gasteiger partial charge in [0.1, 0.15) is 5.60 Å². The molecule has 0 spiro atoms. The molecule has 0 aromatic rings. The van der Waals surface area contributed by atoms with E-state index in [1.165, 1.54) is 0 Å². The molecule has 0 saturated carbocycles. The quantitative estimate of drug-likeness (QED) is 0.357. The second-order valence-electron chi connectivity index (χ2n) is 5.33. The van der Waals surface area contributed by atoms with E-state index in [0.29, 0.717) is 6.08 Å². The van der Waals surface area contributed by atoms with E-state index in [-0.39, 0.29) is 0 Å². The molecule has 0 fully saturated rings. The number of esters is 1. The van der Waals surface area contributed by atoms with Gasteiger partial charge >= 0.3 is 17.0 Å². The van der Waals surface area contributed by atoms with Crippen molar-refractivity contribution in [3.05, 3.63) is 12.7 Å². The minimum atomic E-state index is -6.70. The summed E-state index contributed by atoms with van der Waals surface area (Å²) in [5, 5.41) is 0. The summed E-state index contributed by atoms with van der Waals surface area (Å²) in [4.78, 5) is 11.0. The molecule has 0 saturated heterocycles. The summed E-state index contributed by atoms with van der Waals surface area (Å²) in [5.41, 5.74) is -14.2. The fraction of sp³-hybridized carbons (Fsp3) is 0.727. The van der Waals surface area contributed by atoms with Gasteiger partial charge in [-0.3, -0.25) is 0 Å². The molecular formula is C11H14F6O6S2. The van der Waals surface area contributed by atoms with Crippen molar-refractivity contribution in [2.24, 2.45) is 0 Å². The lowest BCUT2D eigenvalue weighted by Gasteiger charge is -2.27. The number of sulfone groups is 2.